The standard InChI is InChI=1S/C13H11BrN2O3/c14-11-6-10(17)7-12(15-11)16-13(18)19-8-9-4-2-1-3-5-9/h1-7H,8H2,(H2,15,16,17,18). The van der Waals surface area contributed by atoms with Gasteiger partial charge < -0.3 is 9.72 Å². The molecule has 5 nitrogen and oxygen atoms in total. The highest BCUT2D eigenvalue weighted by atomic mass is 79.9. The van der Waals surface area contributed by atoms with Crippen LogP contribution in [0, 0.1) is 0 Å². The number of pyridine rings is 1. The number of hydrogen-bond donors (Lipinski definition) is 2. The van der Waals surface area contributed by atoms with Gasteiger partial charge in [0.1, 0.15) is 12.4 Å². The van der Waals surface area contributed by atoms with Crippen molar-refractivity contribution in [1.82, 2.24) is 4.98 Å². The van der Waals surface area contributed by atoms with Crippen LogP contribution in [0.15, 0.2) is 51.9 Å². The van der Waals surface area contributed by atoms with Crippen molar-refractivity contribution in [3.8, 4) is 0 Å². The topological polar surface area (TPSA) is 71.2 Å². The maximum Gasteiger partial charge on any atom is 0.413 e. The van der Waals surface area contributed by atoms with Gasteiger partial charge in [-0.25, -0.2) is 4.79 Å². The van der Waals surface area contributed by atoms with Crippen LogP contribution in [0.5, 0.6) is 0 Å². The Morgan fingerprint density at radius 3 is 2.68 bits per heavy atom. The fourth-order valence-electron chi connectivity index (χ4n) is 1.45. The Bertz CT molecular complexity index is 625. The Kier molecular flexibility index (Phi) is 4.35. The number of aromatic nitrogens is 1. The third-order valence-electron chi connectivity index (χ3n) is 2.26. The first-order valence-electron chi connectivity index (χ1n) is 5.51. The van der Waals surface area contributed by atoms with Gasteiger partial charge in [0.25, 0.3) is 0 Å². The molecule has 0 saturated heterocycles. The molecule has 0 bridgehead atoms. The summed E-state index contributed by atoms with van der Waals surface area (Å²) in [5.41, 5.74) is 0.671. The first kappa shape index (κ1) is 13.4. The van der Waals surface area contributed by atoms with Crippen molar-refractivity contribution in [2.24, 2.45) is 0 Å². The molecule has 98 valence electrons. The molecule has 0 saturated carbocycles. The first-order valence-corrected chi connectivity index (χ1v) is 6.30. The third-order valence-corrected chi connectivity index (χ3v) is 2.69. The average Bonchev–Trinajstić information content (AvgIpc) is 2.36. The van der Waals surface area contributed by atoms with Crippen LogP contribution in [0.4, 0.5) is 10.6 Å². The number of nitrogens with one attached hydrogen (secondary N) is 2. The molecule has 0 aliphatic rings. The second-order valence-corrected chi connectivity index (χ2v) is 4.62. The highest BCUT2D eigenvalue weighted by molar-refractivity contribution is 9.10. The van der Waals surface area contributed by atoms with Crippen LogP contribution in [0.1, 0.15) is 5.56 Å². The highest BCUT2D eigenvalue weighted by Crippen LogP contribution is 2.08. The summed E-state index contributed by atoms with van der Waals surface area (Å²) in [6.45, 7) is 0.172. The van der Waals surface area contributed by atoms with Gasteiger partial charge in [0.2, 0.25) is 0 Å². The van der Waals surface area contributed by atoms with Crippen LogP contribution < -0.4 is 10.7 Å². The van der Waals surface area contributed by atoms with Crippen LogP contribution in [0.2, 0.25) is 0 Å². The molecular formula is C13H11BrN2O3. The fraction of sp³-hybridized carbons (Fsp3) is 0.0769. The number of H-pyrrole nitrogens is 1. The molecule has 0 atom stereocenters. The Balaban J connectivity index is 1.92. The summed E-state index contributed by atoms with van der Waals surface area (Å²) in [5.74, 6) is 0.275. The van der Waals surface area contributed by atoms with Gasteiger partial charge in [0.15, 0.2) is 5.43 Å². The zero-order valence-corrected chi connectivity index (χ0v) is 11.4. The lowest BCUT2D eigenvalue weighted by atomic mass is 10.2. The van der Waals surface area contributed by atoms with Gasteiger partial charge >= 0.3 is 6.09 Å². The van der Waals surface area contributed by atoms with Crippen molar-refractivity contribution in [2.45, 2.75) is 6.61 Å². The number of halogens is 1. The predicted molar refractivity (Wildman–Crippen MR) is 75.0 cm³/mol. The van der Waals surface area contributed by atoms with Crippen LogP contribution in [0.3, 0.4) is 0 Å². The maximum atomic E-state index is 11.5. The third kappa shape index (κ3) is 4.26. The van der Waals surface area contributed by atoms with E-state index in [1.54, 1.807) is 0 Å². The summed E-state index contributed by atoms with van der Waals surface area (Å²) in [6.07, 6.45) is -0.627. The second kappa shape index (κ2) is 6.19. The molecule has 1 aromatic heterocycles. The largest absolute Gasteiger partial charge is 0.444 e. The fourth-order valence-corrected chi connectivity index (χ4v) is 1.89. The number of benzene rings is 1. The van der Waals surface area contributed by atoms with Gasteiger partial charge in [-0.05, 0) is 21.5 Å². The molecule has 6 heteroatoms. The van der Waals surface area contributed by atoms with Crippen molar-refractivity contribution in [2.75, 3.05) is 5.32 Å². The molecule has 19 heavy (non-hydrogen) atoms. The number of hydrogen-bond acceptors (Lipinski definition) is 3. The summed E-state index contributed by atoms with van der Waals surface area (Å²) in [7, 11) is 0. The van der Waals surface area contributed by atoms with Crippen molar-refractivity contribution < 1.29 is 9.53 Å². The zero-order chi connectivity index (χ0) is 13.7. The first-order chi connectivity index (χ1) is 9.13. The van der Waals surface area contributed by atoms with Crippen molar-refractivity contribution in [1.29, 1.82) is 0 Å². The molecule has 0 aliphatic carbocycles. The summed E-state index contributed by atoms with van der Waals surface area (Å²) >= 11 is 3.13. The molecular weight excluding hydrogens is 312 g/mol. The van der Waals surface area contributed by atoms with E-state index in [-0.39, 0.29) is 17.9 Å². The molecule has 0 unspecified atom stereocenters. The number of anilines is 1. The number of carbonyl (C=O) groups is 1. The summed E-state index contributed by atoms with van der Waals surface area (Å²) in [5, 5.41) is 2.45. The molecule has 1 aromatic carbocycles. The monoisotopic (exact) mass is 322 g/mol. The molecule has 2 N–H and O–H groups in total. The van der Waals surface area contributed by atoms with Gasteiger partial charge in [-0.15, -0.1) is 0 Å². The molecule has 1 heterocycles. The summed E-state index contributed by atoms with van der Waals surface area (Å²) in [6, 6.07) is 12.0. The summed E-state index contributed by atoms with van der Waals surface area (Å²) in [4.78, 5) is 25.5. The van der Waals surface area contributed by atoms with E-state index >= 15 is 0 Å². The van der Waals surface area contributed by atoms with E-state index < -0.39 is 6.09 Å². The lowest BCUT2D eigenvalue weighted by Gasteiger charge is -2.07. The second-order valence-electron chi connectivity index (χ2n) is 3.76. The number of ether oxygens (including phenoxy) is 1. The minimum atomic E-state index is -0.627. The van der Waals surface area contributed by atoms with Crippen LogP contribution >= 0.6 is 15.9 Å². The zero-order valence-electron chi connectivity index (χ0n) is 9.85. The molecule has 1 amide bonds. The maximum absolute atomic E-state index is 11.5. The van der Waals surface area contributed by atoms with Gasteiger partial charge in [-0.2, -0.15) is 0 Å². The van der Waals surface area contributed by atoms with Crippen molar-refractivity contribution in [3.63, 3.8) is 0 Å². The van der Waals surface area contributed by atoms with E-state index in [2.05, 4.69) is 26.2 Å². The van der Waals surface area contributed by atoms with Crippen LogP contribution in [0.25, 0.3) is 0 Å². The van der Waals surface area contributed by atoms with E-state index in [9.17, 15) is 9.59 Å². The summed E-state index contributed by atoms with van der Waals surface area (Å²) < 4.78 is 5.51. The smallest absolute Gasteiger partial charge is 0.413 e. The van der Waals surface area contributed by atoms with E-state index in [0.29, 0.717) is 4.60 Å². The quantitative estimate of drug-likeness (QED) is 0.853. The molecule has 0 spiro atoms. The minimum absolute atomic E-state index is 0.172. The molecule has 2 rings (SSSR count). The van der Waals surface area contributed by atoms with E-state index in [1.807, 2.05) is 30.3 Å². The average molecular weight is 323 g/mol. The Morgan fingerprint density at radius 1 is 1.26 bits per heavy atom. The minimum Gasteiger partial charge on any atom is -0.444 e. The number of rotatable bonds is 3. The van der Waals surface area contributed by atoms with Gasteiger partial charge in [0, 0.05) is 12.1 Å². The SMILES string of the molecule is O=C(Nc1cc(=O)cc(Br)[nH]1)OCc1ccccc1. The van der Waals surface area contributed by atoms with Crippen LogP contribution in [-0.2, 0) is 11.3 Å². The number of carbonyl (C=O) groups excluding carboxylic acids is 1. The molecule has 0 aliphatic heterocycles. The lowest BCUT2D eigenvalue weighted by molar-refractivity contribution is 0.155. The Labute approximate surface area is 117 Å². The highest BCUT2D eigenvalue weighted by Gasteiger charge is 2.05. The lowest BCUT2D eigenvalue weighted by Crippen LogP contribution is -2.16. The van der Waals surface area contributed by atoms with Crippen molar-refractivity contribution >= 4 is 27.8 Å². The predicted octanol–water partition coefficient (Wildman–Crippen LogP) is 2.89. The Hall–Kier alpha value is -2.08. The molecule has 0 radical (unpaired) electrons. The van der Waals surface area contributed by atoms with Crippen molar-refractivity contribution in [3.05, 3.63) is 62.9 Å². The van der Waals surface area contributed by atoms with Gasteiger partial charge in [-0.1, -0.05) is 30.3 Å². The molecule has 0 fully saturated rings. The van der Waals surface area contributed by atoms with Gasteiger partial charge in [-0.3, -0.25) is 10.1 Å². The molecule has 2 aromatic rings. The van der Waals surface area contributed by atoms with E-state index in [0.717, 1.165) is 5.56 Å². The number of aromatic amines is 1. The van der Waals surface area contributed by atoms with Gasteiger partial charge in [0.05, 0.1) is 4.60 Å². The van der Waals surface area contributed by atoms with E-state index in [1.165, 1.54) is 12.1 Å². The normalized spacial score (nSPS) is 9.95. The van der Waals surface area contributed by atoms with Crippen LogP contribution in [-0.4, -0.2) is 11.1 Å². The Morgan fingerprint density at radius 2 is 2.00 bits per heavy atom. The number of amides is 1. The van der Waals surface area contributed by atoms with E-state index in [4.69, 9.17) is 4.74 Å².